The number of fused-ring (bicyclic) bond motifs is 1. The molecule has 4 rings (SSSR count). The molecule has 1 N–H and O–H groups in total. The van der Waals surface area contributed by atoms with Gasteiger partial charge in [-0.2, -0.15) is 0 Å². The largest absolute Gasteiger partial charge is 0.361 e. The van der Waals surface area contributed by atoms with E-state index in [1.54, 1.807) is 47.7 Å². The molecule has 1 aliphatic rings. The van der Waals surface area contributed by atoms with Crippen molar-refractivity contribution in [2.24, 2.45) is 0 Å². The molecule has 0 aliphatic carbocycles. The minimum Gasteiger partial charge on any atom is -0.350 e. The summed E-state index contributed by atoms with van der Waals surface area (Å²) in [5.74, 6) is -0.554. The Hall–Kier alpha value is -3.26. The van der Waals surface area contributed by atoms with Crippen LogP contribution in [0.25, 0.3) is 10.9 Å². The van der Waals surface area contributed by atoms with Crippen molar-refractivity contribution in [3.05, 3.63) is 65.9 Å². The number of likely N-dealkylation sites (tertiary alicyclic amines) is 1. The molecule has 10 heteroatoms. The van der Waals surface area contributed by atoms with Gasteiger partial charge in [0.25, 0.3) is 0 Å². The average molecular weight is 540 g/mol. The van der Waals surface area contributed by atoms with Crippen LogP contribution >= 0.6 is 7.60 Å². The van der Waals surface area contributed by atoms with Gasteiger partial charge >= 0.3 is 7.60 Å². The fourth-order valence-electron chi connectivity index (χ4n) is 4.87. The first-order valence-electron chi connectivity index (χ1n) is 12.9. The van der Waals surface area contributed by atoms with Gasteiger partial charge in [0.1, 0.15) is 12.6 Å². The summed E-state index contributed by atoms with van der Waals surface area (Å²) in [5.41, 5.74) is 2.05. The van der Waals surface area contributed by atoms with Crippen LogP contribution in [-0.4, -0.2) is 52.9 Å². The van der Waals surface area contributed by atoms with Crippen LogP contribution in [0.4, 0.5) is 0 Å². The molecule has 1 atom stereocenters. The van der Waals surface area contributed by atoms with Crippen molar-refractivity contribution in [2.45, 2.75) is 52.7 Å². The molecule has 1 fully saturated rings. The Labute approximate surface area is 222 Å². The van der Waals surface area contributed by atoms with E-state index in [0.717, 1.165) is 12.0 Å². The molecule has 1 aromatic heterocycles. The lowest BCUT2D eigenvalue weighted by molar-refractivity contribution is -0.138. The Morgan fingerprint density at radius 2 is 1.76 bits per heavy atom. The third kappa shape index (κ3) is 5.90. The van der Waals surface area contributed by atoms with Crippen molar-refractivity contribution in [2.75, 3.05) is 19.8 Å². The number of nitrogens with zero attached hydrogens (tertiary/aromatic N) is 2. The first kappa shape index (κ1) is 27.8. The molecule has 3 aromatic rings. The van der Waals surface area contributed by atoms with E-state index in [4.69, 9.17) is 9.05 Å². The van der Waals surface area contributed by atoms with Gasteiger partial charge in [-0.15, -0.1) is 0 Å². The minimum atomic E-state index is -3.55. The van der Waals surface area contributed by atoms with Gasteiger partial charge in [0.2, 0.25) is 11.8 Å². The van der Waals surface area contributed by atoms with E-state index in [0.29, 0.717) is 41.3 Å². The van der Waals surface area contributed by atoms with E-state index in [-0.39, 0.29) is 37.4 Å². The zero-order valence-corrected chi connectivity index (χ0v) is 22.9. The summed E-state index contributed by atoms with van der Waals surface area (Å²) < 4.78 is 26.0. The highest BCUT2D eigenvalue weighted by Crippen LogP contribution is 2.47. The van der Waals surface area contributed by atoms with Crippen molar-refractivity contribution in [3.63, 3.8) is 0 Å². The summed E-state index contributed by atoms with van der Waals surface area (Å²) in [7, 11) is -3.55. The number of hydrogen-bond acceptors (Lipinski definition) is 6. The number of carbonyl (C=O) groups excluding carboxylic acids is 3. The monoisotopic (exact) mass is 539 g/mol. The predicted molar refractivity (Wildman–Crippen MR) is 145 cm³/mol. The van der Waals surface area contributed by atoms with Crippen LogP contribution < -0.4 is 10.6 Å². The molecule has 0 unspecified atom stereocenters. The molecule has 202 valence electrons. The Balaban J connectivity index is 1.55. The molecule has 38 heavy (non-hydrogen) atoms. The first-order valence-corrected chi connectivity index (χ1v) is 14.5. The molecule has 1 saturated heterocycles. The number of amides is 2. The van der Waals surface area contributed by atoms with Crippen molar-refractivity contribution in [1.29, 1.82) is 0 Å². The SMILES string of the molecule is CCOP(=O)(OCC)c1ccc2c(c1)c(C(C)=O)cn2CC(=O)N1CCC[C@H]1C(=O)NCc1ccccc1. The van der Waals surface area contributed by atoms with Gasteiger partial charge in [0.05, 0.1) is 18.5 Å². The molecule has 0 saturated carbocycles. The van der Waals surface area contributed by atoms with Gasteiger partial charge in [-0.05, 0) is 57.4 Å². The lowest BCUT2D eigenvalue weighted by Gasteiger charge is -2.24. The van der Waals surface area contributed by atoms with Gasteiger partial charge in [0.15, 0.2) is 5.78 Å². The van der Waals surface area contributed by atoms with Crippen molar-refractivity contribution < 1.29 is 28.0 Å². The zero-order valence-electron chi connectivity index (χ0n) is 22.0. The fourth-order valence-corrected chi connectivity index (χ4v) is 6.47. The Kier molecular flexibility index (Phi) is 8.82. The third-order valence-electron chi connectivity index (χ3n) is 6.65. The van der Waals surface area contributed by atoms with Crippen LogP contribution in [0, 0.1) is 0 Å². The number of aromatic nitrogens is 1. The first-order chi connectivity index (χ1) is 18.3. The second-order valence-electron chi connectivity index (χ2n) is 9.21. The van der Waals surface area contributed by atoms with E-state index in [1.165, 1.54) is 6.92 Å². The number of hydrogen-bond donors (Lipinski definition) is 1. The summed E-state index contributed by atoms with van der Waals surface area (Å²) in [6.45, 7) is 6.21. The Morgan fingerprint density at radius 1 is 1.05 bits per heavy atom. The smallest absolute Gasteiger partial charge is 0.350 e. The van der Waals surface area contributed by atoms with Crippen molar-refractivity contribution in [3.8, 4) is 0 Å². The van der Waals surface area contributed by atoms with Crippen LogP contribution in [0.3, 0.4) is 0 Å². The van der Waals surface area contributed by atoms with E-state index < -0.39 is 13.6 Å². The molecule has 2 aromatic carbocycles. The number of ketones is 1. The van der Waals surface area contributed by atoms with E-state index in [9.17, 15) is 18.9 Å². The molecule has 0 bridgehead atoms. The van der Waals surface area contributed by atoms with Gasteiger partial charge in [-0.25, -0.2) is 0 Å². The molecule has 0 radical (unpaired) electrons. The average Bonchev–Trinajstić information content (AvgIpc) is 3.54. The summed E-state index contributed by atoms with van der Waals surface area (Å²) in [6.07, 6.45) is 2.99. The molecule has 0 spiro atoms. The molecule has 1 aliphatic heterocycles. The second kappa shape index (κ2) is 12.1. The lowest BCUT2D eigenvalue weighted by atomic mass is 10.1. The van der Waals surface area contributed by atoms with Crippen LogP contribution in [0.5, 0.6) is 0 Å². The highest BCUT2D eigenvalue weighted by Gasteiger charge is 2.34. The van der Waals surface area contributed by atoms with Gasteiger partial charge in [-0.1, -0.05) is 30.3 Å². The van der Waals surface area contributed by atoms with Crippen molar-refractivity contribution >= 4 is 41.4 Å². The van der Waals surface area contributed by atoms with Crippen LogP contribution in [0.15, 0.2) is 54.7 Å². The molecule has 2 amide bonds. The standard InChI is InChI=1S/C28H34N3O6P/c1-4-36-38(35,37-5-2)22-13-14-25-23(16-22)24(20(3)32)18-30(25)19-27(33)31-15-9-12-26(31)28(34)29-17-21-10-7-6-8-11-21/h6-8,10-11,13-14,16,18,26H,4-5,9,12,15,17,19H2,1-3H3,(H,29,34)/t26-/m0/s1. The number of Topliss-reactive ketones (excluding diaryl/α,β-unsaturated/α-hetero) is 1. The Bertz CT molecular complexity index is 1360. The van der Waals surface area contributed by atoms with Crippen molar-refractivity contribution in [1.82, 2.24) is 14.8 Å². The van der Waals surface area contributed by atoms with E-state index in [2.05, 4.69) is 5.32 Å². The maximum atomic E-state index is 13.4. The quantitative estimate of drug-likeness (QED) is 0.291. The Morgan fingerprint density at radius 3 is 2.42 bits per heavy atom. The lowest BCUT2D eigenvalue weighted by Crippen LogP contribution is -2.46. The normalized spacial score (nSPS) is 15.7. The topological polar surface area (TPSA) is 107 Å². The summed E-state index contributed by atoms with van der Waals surface area (Å²) in [5, 5.41) is 3.87. The van der Waals surface area contributed by atoms with Crippen LogP contribution in [0.1, 0.15) is 49.5 Å². The third-order valence-corrected chi connectivity index (χ3v) is 8.76. The van der Waals surface area contributed by atoms with Gasteiger partial charge in [-0.3, -0.25) is 18.9 Å². The fraction of sp³-hybridized carbons (Fsp3) is 0.393. The number of carbonyl (C=O) groups is 3. The number of nitrogens with one attached hydrogen (secondary N) is 1. The molecular formula is C28H34N3O6P. The van der Waals surface area contributed by atoms with Crippen LogP contribution in [-0.2, 0) is 36.3 Å². The highest BCUT2D eigenvalue weighted by molar-refractivity contribution is 7.62. The van der Waals surface area contributed by atoms with Crippen LogP contribution in [0.2, 0.25) is 0 Å². The zero-order chi connectivity index (χ0) is 27.3. The summed E-state index contributed by atoms with van der Waals surface area (Å²) in [6, 6.07) is 14.1. The highest BCUT2D eigenvalue weighted by atomic mass is 31.2. The minimum absolute atomic E-state index is 0.0276. The predicted octanol–water partition coefficient (Wildman–Crippen LogP) is 4.04. The molecule has 9 nitrogen and oxygen atoms in total. The number of rotatable bonds is 11. The second-order valence-corrected chi connectivity index (χ2v) is 11.2. The summed E-state index contributed by atoms with van der Waals surface area (Å²) in [4.78, 5) is 40.4. The maximum absolute atomic E-state index is 13.4. The number of benzene rings is 2. The summed E-state index contributed by atoms with van der Waals surface area (Å²) >= 11 is 0. The van der Waals surface area contributed by atoms with E-state index >= 15 is 0 Å². The molecule has 2 heterocycles. The van der Waals surface area contributed by atoms with Gasteiger partial charge < -0.3 is 23.8 Å². The maximum Gasteiger partial charge on any atom is 0.361 e. The molecular weight excluding hydrogens is 505 g/mol. The van der Waals surface area contributed by atoms with E-state index in [1.807, 2.05) is 30.3 Å². The van der Waals surface area contributed by atoms with Gasteiger partial charge in [0, 0.05) is 35.8 Å².